The molecular formula is C11H22N2O3. The number of likely N-dealkylation sites (N-methyl/N-ethyl adjacent to an activating group) is 1. The molecule has 94 valence electrons. The first-order valence-electron chi connectivity index (χ1n) is 5.62. The number of hydrogen-bond acceptors (Lipinski definition) is 4. The van der Waals surface area contributed by atoms with Crippen molar-refractivity contribution in [2.45, 2.75) is 32.5 Å². The van der Waals surface area contributed by atoms with Gasteiger partial charge in [-0.3, -0.25) is 0 Å². The van der Waals surface area contributed by atoms with Crippen LogP contribution < -0.4 is 0 Å². The fraction of sp³-hybridized carbons (Fsp3) is 0.909. The molecule has 1 saturated heterocycles. The molecule has 1 atom stereocenters. The molecule has 1 aliphatic heterocycles. The Balaban J connectivity index is 2.55. The number of amides is 1. The molecule has 0 aromatic carbocycles. The second-order valence-electron chi connectivity index (χ2n) is 5.34. The zero-order valence-corrected chi connectivity index (χ0v) is 10.6. The van der Waals surface area contributed by atoms with Gasteiger partial charge in [0, 0.05) is 19.6 Å². The van der Waals surface area contributed by atoms with E-state index in [0.29, 0.717) is 19.6 Å². The van der Waals surface area contributed by atoms with Crippen LogP contribution in [0.4, 0.5) is 4.79 Å². The van der Waals surface area contributed by atoms with Crippen LogP contribution in [0.5, 0.6) is 0 Å². The van der Waals surface area contributed by atoms with Crippen LogP contribution in [0, 0.1) is 0 Å². The minimum atomic E-state index is -0.500. The normalized spacial score (nSPS) is 24.1. The topological polar surface area (TPSA) is 53.0 Å². The highest BCUT2D eigenvalue weighted by Crippen LogP contribution is 2.11. The lowest BCUT2D eigenvalue weighted by atomic mass is 10.2. The molecule has 5 heteroatoms. The van der Waals surface area contributed by atoms with Crippen molar-refractivity contribution in [3.63, 3.8) is 0 Å². The zero-order valence-electron chi connectivity index (χ0n) is 10.6. The van der Waals surface area contributed by atoms with Gasteiger partial charge >= 0.3 is 6.09 Å². The Hall–Kier alpha value is -0.810. The van der Waals surface area contributed by atoms with Crippen LogP contribution in [0.25, 0.3) is 0 Å². The second-order valence-corrected chi connectivity index (χ2v) is 5.34. The predicted octanol–water partition coefficient (Wildman–Crippen LogP) is 0.530. The monoisotopic (exact) mass is 230 g/mol. The molecule has 1 heterocycles. The molecule has 0 saturated carbocycles. The molecule has 0 bridgehead atoms. The lowest BCUT2D eigenvalue weighted by molar-refractivity contribution is 0.0186. The lowest BCUT2D eigenvalue weighted by Crippen LogP contribution is -2.41. The summed E-state index contributed by atoms with van der Waals surface area (Å²) in [4.78, 5) is 15.4. The Morgan fingerprint density at radius 2 is 1.94 bits per heavy atom. The van der Waals surface area contributed by atoms with E-state index >= 15 is 0 Å². The van der Waals surface area contributed by atoms with E-state index in [1.807, 2.05) is 32.7 Å². The van der Waals surface area contributed by atoms with Crippen LogP contribution in [0.2, 0.25) is 0 Å². The van der Waals surface area contributed by atoms with E-state index in [9.17, 15) is 9.90 Å². The molecule has 1 fully saturated rings. The third kappa shape index (κ3) is 4.37. The maximum Gasteiger partial charge on any atom is 0.410 e. The van der Waals surface area contributed by atoms with Crippen molar-refractivity contribution < 1.29 is 14.6 Å². The lowest BCUT2D eigenvalue weighted by Gasteiger charge is -2.26. The third-order valence-electron chi connectivity index (χ3n) is 2.36. The number of carbonyl (C=O) groups is 1. The average molecular weight is 230 g/mol. The van der Waals surface area contributed by atoms with Crippen molar-refractivity contribution in [3.8, 4) is 0 Å². The maximum absolute atomic E-state index is 11.8. The molecule has 0 radical (unpaired) electrons. The van der Waals surface area contributed by atoms with E-state index in [4.69, 9.17) is 4.74 Å². The van der Waals surface area contributed by atoms with Gasteiger partial charge in [0.15, 0.2) is 0 Å². The van der Waals surface area contributed by atoms with Gasteiger partial charge in [-0.05, 0) is 27.8 Å². The van der Waals surface area contributed by atoms with E-state index in [1.54, 1.807) is 4.90 Å². The van der Waals surface area contributed by atoms with Crippen molar-refractivity contribution in [1.29, 1.82) is 0 Å². The highest BCUT2D eigenvalue weighted by atomic mass is 16.6. The van der Waals surface area contributed by atoms with Crippen molar-refractivity contribution in [3.05, 3.63) is 0 Å². The van der Waals surface area contributed by atoms with Crippen molar-refractivity contribution in [1.82, 2.24) is 9.80 Å². The molecular weight excluding hydrogens is 208 g/mol. The summed E-state index contributed by atoms with van der Waals surface area (Å²) in [5, 5.41) is 9.69. The quantitative estimate of drug-likeness (QED) is 0.659. The van der Waals surface area contributed by atoms with Gasteiger partial charge in [0.2, 0.25) is 0 Å². The first-order chi connectivity index (χ1) is 7.28. The van der Waals surface area contributed by atoms with Gasteiger partial charge in [-0.15, -0.1) is 0 Å². The number of β-amino-alcohol motifs (C(OH)–C–C–N with tert-alkyl or cyclic N) is 1. The van der Waals surface area contributed by atoms with Gasteiger partial charge in [-0.1, -0.05) is 0 Å². The fourth-order valence-corrected chi connectivity index (χ4v) is 1.64. The minimum Gasteiger partial charge on any atom is -0.444 e. The van der Waals surface area contributed by atoms with E-state index in [0.717, 1.165) is 6.54 Å². The number of nitrogens with zero attached hydrogens (tertiary/aromatic N) is 2. The van der Waals surface area contributed by atoms with E-state index in [2.05, 4.69) is 0 Å². The van der Waals surface area contributed by atoms with Gasteiger partial charge in [-0.2, -0.15) is 0 Å². The number of aliphatic hydroxyl groups is 1. The molecule has 16 heavy (non-hydrogen) atoms. The van der Waals surface area contributed by atoms with Crippen LogP contribution in [0.1, 0.15) is 20.8 Å². The molecule has 1 amide bonds. The van der Waals surface area contributed by atoms with Crippen LogP contribution in [-0.4, -0.2) is 65.9 Å². The largest absolute Gasteiger partial charge is 0.444 e. The number of hydrogen-bond donors (Lipinski definition) is 1. The minimum absolute atomic E-state index is 0.346. The van der Waals surface area contributed by atoms with E-state index in [1.165, 1.54) is 0 Å². The predicted molar refractivity (Wildman–Crippen MR) is 61.3 cm³/mol. The van der Waals surface area contributed by atoms with Crippen molar-refractivity contribution in [2.75, 3.05) is 33.2 Å². The number of carbonyl (C=O) groups excluding carboxylic acids is 1. The average Bonchev–Trinajstić information content (AvgIpc) is 2.23. The molecule has 1 rings (SSSR count). The van der Waals surface area contributed by atoms with Gasteiger partial charge in [0.25, 0.3) is 0 Å². The van der Waals surface area contributed by atoms with Crippen LogP contribution >= 0.6 is 0 Å². The molecule has 0 aliphatic carbocycles. The molecule has 0 aromatic rings. The smallest absolute Gasteiger partial charge is 0.410 e. The summed E-state index contributed by atoms with van der Waals surface area (Å²) in [5.41, 5.74) is -0.486. The van der Waals surface area contributed by atoms with Crippen molar-refractivity contribution >= 4 is 6.09 Å². The highest BCUT2D eigenvalue weighted by molar-refractivity contribution is 5.68. The summed E-state index contributed by atoms with van der Waals surface area (Å²) in [6, 6.07) is 0. The first-order valence-corrected chi connectivity index (χ1v) is 5.62. The summed E-state index contributed by atoms with van der Waals surface area (Å²) >= 11 is 0. The molecule has 1 N–H and O–H groups in total. The Kier molecular flexibility index (Phi) is 4.15. The summed E-state index contributed by atoms with van der Waals surface area (Å²) in [7, 11) is 1.93. The standard InChI is InChI=1S/C11H22N2O3/c1-11(2,3)16-10(15)13-6-5-12(4)7-9(14)8-13/h9,14H,5-8H2,1-4H3. The van der Waals surface area contributed by atoms with E-state index in [-0.39, 0.29) is 6.09 Å². The van der Waals surface area contributed by atoms with Gasteiger partial charge < -0.3 is 19.6 Å². The van der Waals surface area contributed by atoms with Gasteiger partial charge in [0.05, 0.1) is 12.6 Å². The highest BCUT2D eigenvalue weighted by Gasteiger charge is 2.26. The summed E-state index contributed by atoms with van der Waals surface area (Å²) in [6.45, 7) is 7.82. The van der Waals surface area contributed by atoms with Crippen molar-refractivity contribution in [2.24, 2.45) is 0 Å². The van der Waals surface area contributed by atoms with E-state index < -0.39 is 11.7 Å². The SMILES string of the molecule is CN1CCN(C(=O)OC(C)(C)C)CC(O)C1. The maximum atomic E-state index is 11.8. The molecule has 5 nitrogen and oxygen atoms in total. The Bertz CT molecular complexity index is 250. The number of ether oxygens (including phenoxy) is 1. The second kappa shape index (κ2) is 5.01. The fourth-order valence-electron chi connectivity index (χ4n) is 1.64. The molecule has 1 aliphatic rings. The van der Waals surface area contributed by atoms with Gasteiger partial charge in [0.1, 0.15) is 5.60 Å². The summed E-state index contributed by atoms with van der Waals surface area (Å²) < 4.78 is 5.27. The zero-order chi connectivity index (χ0) is 12.3. The Labute approximate surface area is 97.0 Å². The summed E-state index contributed by atoms with van der Waals surface area (Å²) in [6.07, 6.45) is -0.845. The molecule has 0 aromatic heterocycles. The molecule has 0 spiro atoms. The third-order valence-corrected chi connectivity index (χ3v) is 2.36. The Morgan fingerprint density at radius 3 is 2.50 bits per heavy atom. The number of aliphatic hydroxyl groups excluding tert-OH is 1. The molecule has 1 unspecified atom stereocenters. The number of rotatable bonds is 0. The first kappa shape index (κ1) is 13.3. The summed E-state index contributed by atoms with van der Waals surface area (Å²) in [5.74, 6) is 0. The van der Waals surface area contributed by atoms with Crippen LogP contribution in [0.3, 0.4) is 0 Å². The van der Waals surface area contributed by atoms with Crippen LogP contribution in [0.15, 0.2) is 0 Å². The Morgan fingerprint density at radius 1 is 1.31 bits per heavy atom. The van der Waals surface area contributed by atoms with Crippen LogP contribution in [-0.2, 0) is 4.74 Å². The van der Waals surface area contributed by atoms with Gasteiger partial charge in [-0.25, -0.2) is 4.79 Å².